The van der Waals surface area contributed by atoms with E-state index in [0.717, 1.165) is 17.9 Å². The molecule has 0 spiro atoms. The first-order chi connectivity index (χ1) is 9.76. The molecular formula is C16H21NO2S. The lowest BCUT2D eigenvalue weighted by Gasteiger charge is -2.19. The van der Waals surface area contributed by atoms with Gasteiger partial charge < -0.3 is 15.2 Å². The summed E-state index contributed by atoms with van der Waals surface area (Å²) in [4.78, 5) is 1.18. The molecule has 0 saturated heterocycles. The number of hydrogen-bond acceptors (Lipinski definition) is 4. The third-order valence-corrected chi connectivity index (χ3v) is 4.10. The van der Waals surface area contributed by atoms with Crippen LogP contribution in [0.3, 0.4) is 0 Å². The lowest BCUT2D eigenvalue weighted by atomic mass is 10.2. The minimum atomic E-state index is -0.124. The highest BCUT2D eigenvalue weighted by Crippen LogP contribution is 2.33. The van der Waals surface area contributed by atoms with Crippen LogP contribution in [0.1, 0.15) is 29.9 Å². The molecule has 0 radical (unpaired) electrons. The normalized spacial score (nSPS) is 12.2. The van der Waals surface area contributed by atoms with E-state index in [9.17, 15) is 0 Å². The molecule has 0 fully saturated rings. The van der Waals surface area contributed by atoms with Crippen LogP contribution in [0, 0.1) is 6.92 Å². The van der Waals surface area contributed by atoms with Gasteiger partial charge >= 0.3 is 0 Å². The van der Waals surface area contributed by atoms with E-state index in [0.29, 0.717) is 13.2 Å². The van der Waals surface area contributed by atoms with Crippen LogP contribution in [0.4, 0.5) is 0 Å². The van der Waals surface area contributed by atoms with Gasteiger partial charge in [-0.05, 0) is 42.5 Å². The van der Waals surface area contributed by atoms with E-state index in [1.54, 1.807) is 11.3 Å². The molecule has 108 valence electrons. The van der Waals surface area contributed by atoms with E-state index in [1.807, 2.05) is 24.3 Å². The topological polar surface area (TPSA) is 44.5 Å². The van der Waals surface area contributed by atoms with Gasteiger partial charge in [-0.1, -0.05) is 19.1 Å². The first-order valence-electron chi connectivity index (χ1n) is 6.88. The number of hydrogen-bond donors (Lipinski definition) is 1. The van der Waals surface area contributed by atoms with Gasteiger partial charge in [-0.3, -0.25) is 0 Å². The van der Waals surface area contributed by atoms with E-state index in [2.05, 4.69) is 25.3 Å². The molecule has 20 heavy (non-hydrogen) atoms. The van der Waals surface area contributed by atoms with Crippen molar-refractivity contribution in [2.24, 2.45) is 5.73 Å². The molecule has 2 aromatic rings. The van der Waals surface area contributed by atoms with Gasteiger partial charge in [0, 0.05) is 11.4 Å². The van der Waals surface area contributed by atoms with Crippen LogP contribution < -0.4 is 15.2 Å². The zero-order valence-corrected chi connectivity index (χ0v) is 12.8. The SMILES string of the molecule is CCCOc1ccccc1OC(CN)c1sccc1C. The second kappa shape index (κ2) is 7.31. The fourth-order valence-electron chi connectivity index (χ4n) is 1.96. The van der Waals surface area contributed by atoms with Crippen LogP contribution >= 0.6 is 11.3 Å². The molecule has 1 aromatic heterocycles. The maximum atomic E-state index is 6.08. The Balaban J connectivity index is 2.17. The number of rotatable bonds is 7. The highest BCUT2D eigenvalue weighted by molar-refractivity contribution is 7.10. The molecule has 0 amide bonds. The highest BCUT2D eigenvalue weighted by Gasteiger charge is 2.17. The molecular weight excluding hydrogens is 270 g/mol. The van der Waals surface area contributed by atoms with Crippen molar-refractivity contribution in [1.29, 1.82) is 0 Å². The largest absolute Gasteiger partial charge is 0.490 e. The summed E-state index contributed by atoms with van der Waals surface area (Å²) in [6.45, 7) is 5.30. The summed E-state index contributed by atoms with van der Waals surface area (Å²) in [7, 11) is 0. The smallest absolute Gasteiger partial charge is 0.162 e. The van der Waals surface area contributed by atoms with E-state index < -0.39 is 0 Å². The van der Waals surface area contributed by atoms with Gasteiger partial charge in [-0.2, -0.15) is 0 Å². The summed E-state index contributed by atoms with van der Waals surface area (Å²) in [6, 6.07) is 9.84. The van der Waals surface area contributed by atoms with E-state index >= 15 is 0 Å². The molecule has 0 aliphatic rings. The number of para-hydroxylation sites is 2. The molecule has 0 bridgehead atoms. The van der Waals surface area contributed by atoms with Crippen LogP contribution in [-0.2, 0) is 0 Å². The van der Waals surface area contributed by atoms with Gasteiger partial charge in [0.2, 0.25) is 0 Å². The van der Waals surface area contributed by atoms with Crippen molar-refractivity contribution >= 4 is 11.3 Å². The molecule has 0 aliphatic heterocycles. The lowest BCUT2D eigenvalue weighted by Crippen LogP contribution is -2.18. The predicted molar refractivity (Wildman–Crippen MR) is 83.7 cm³/mol. The second-order valence-electron chi connectivity index (χ2n) is 4.61. The van der Waals surface area contributed by atoms with Crippen molar-refractivity contribution < 1.29 is 9.47 Å². The quantitative estimate of drug-likeness (QED) is 0.840. The summed E-state index contributed by atoms with van der Waals surface area (Å²) in [5.41, 5.74) is 7.09. The van der Waals surface area contributed by atoms with Gasteiger partial charge in [0.15, 0.2) is 11.5 Å². The Hall–Kier alpha value is -1.52. The van der Waals surface area contributed by atoms with Crippen molar-refractivity contribution in [3.63, 3.8) is 0 Å². The fourth-order valence-corrected chi connectivity index (χ4v) is 2.92. The standard InChI is InChI=1S/C16H21NO2S/c1-3-9-18-13-6-4-5-7-14(13)19-15(11-17)16-12(2)8-10-20-16/h4-8,10,15H,3,9,11,17H2,1-2H3. The van der Waals surface area contributed by atoms with Crippen LogP contribution in [0.5, 0.6) is 11.5 Å². The third kappa shape index (κ3) is 3.52. The van der Waals surface area contributed by atoms with E-state index in [-0.39, 0.29) is 6.10 Å². The minimum absolute atomic E-state index is 0.124. The molecule has 1 unspecified atom stereocenters. The monoisotopic (exact) mass is 291 g/mol. The molecule has 0 aliphatic carbocycles. The molecule has 2 N–H and O–H groups in total. The Morgan fingerprint density at radius 2 is 1.95 bits per heavy atom. The Morgan fingerprint density at radius 1 is 1.20 bits per heavy atom. The number of aryl methyl sites for hydroxylation is 1. The van der Waals surface area contributed by atoms with Gasteiger partial charge in [0.1, 0.15) is 6.10 Å². The summed E-state index contributed by atoms with van der Waals surface area (Å²) >= 11 is 1.68. The van der Waals surface area contributed by atoms with Gasteiger partial charge in [-0.25, -0.2) is 0 Å². The van der Waals surface area contributed by atoms with E-state index in [4.69, 9.17) is 15.2 Å². The zero-order chi connectivity index (χ0) is 14.4. The maximum absolute atomic E-state index is 6.08. The molecule has 0 saturated carbocycles. The van der Waals surface area contributed by atoms with Crippen molar-refractivity contribution in [1.82, 2.24) is 0 Å². The fraction of sp³-hybridized carbons (Fsp3) is 0.375. The number of ether oxygens (including phenoxy) is 2. The number of nitrogens with two attached hydrogens (primary N) is 1. The van der Waals surface area contributed by atoms with Crippen molar-refractivity contribution in [2.45, 2.75) is 26.4 Å². The molecule has 1 heterocycles. The Morgan fingerprint density at radius 3 is 2.55 bits per heavy atom. The Bertz CT molecular complexity index is 539. The second-order valence-corrected chi connectivity index (χ2v) is 5.55. The predicted octanol–water partition coefficient (Wildman–Crippen LogP) is 3.92. The van der Waals surface area contributed by atoms with Crippen LogP contribution in [0.2, 0.25) is 0 Å². The van der Waals surface area contributed by atoms with E-state index in [1.165, 1.54) is 10.4 Å². The summed E-state index contributed by atoms with van der Waals surface area (Å²) in [5, 5.41) is 2.07. The van der Waals surface area contributed by atoms with Gasteiger partial charge in [0.25, 0.3) is 0 Å². The summed E-state index contributed by atoms with van der Waals surface area (Å²) < 4.78 is 11.8. The number of thiophene rings is 1. The molecule has 4 heteroatoms. The van der Waals surface area contributed by atoms with Gasteiger partial charge in [0.05, 0.1) is 6.61 Å². The molecule has 2 rings (SSSR count). The van der Waals surface area contributed by atoms with Crippen molar-refractivity contribution in [3.05, 3.63) is 46.2 Å². The van der Waals surface area contributed by atoms with Crippen LogP contribution in [0.25, 0.3) is 0 Å². The van der Waals surface area contributed by atoms with Crippen LogP contribution in [0.15, 0.2) is 35.7 Å². The average Bonchev–Trinajstić information content (AvgIpc) is 2.89. The van der Waals surface area contributed by atoms with Crippen LogP contribution in [-0.4, -0.2) is 13.2 Å². The molecule has 1 aromatic carbocycles. The Labute approximate surface area is 124 Å². The zero-order valence-electron chi connectivity index (χ0n) is 12.0. The number of benzene rings is 1. The minimum Gasteiger partial charge on any atom is -0.490 e. The summed E-state index contributed by atoms with van der Waals surface area (Å²) in [5.74, 6) is 1.53. The molecule has 1 atom stereocenters. The first-order valence-corrected chi connectivity index (χ1v) is 7.76. The van der Waals surface area contributed by atoms with Gasteiger partial charge in [-0.15, -0.1) is 11.3 Å². The third-order valence-electron chi connectivity index (χ3n) is 2.99. The van der Waals surface area contributed by atoms with Crippen molar-refractivity contribution in [2.75, 3.05) is 13.2 Å². The Kier molecular flexibility index (Phi) is 5.44. The lowest BCUT2D eigenvalue weighted by molar-refractivity contribution is 0.201. The first kappa shape index (κ1) is 14.9. The highest BCUT2D eigenvalue weighted by atomic mass is 32.1. The molecule has 3 nitrogen and oxygen atoms in total. The average molecular weight is 291 g/mol. The summed E-state index contributed by atoms with van der Waals surface area (Å²) in [6.07, 6.45) is 0.847. The van der Waals surface area contributed by atoms with Crippen molar-refractivity contribution in [3.8, 4) is 11.5 Å². The maximum Gasteiger partial charge on any atom is 0.162 e.